The second-order valence-corrected chi connectivity index (χ2v) is 10.7. The van der Waals surface area contributed by atoms with Crippen molar-refractivity contribution in [1.29, 1.82) is 0 Å². The highest BCUT2D eigenvalue weighted by atomic mass is 16.5. The highest BCUT2D eigenvalue weighted by molar-refractivity contribution is 5.95. The van der Waals surface area contributed by atoms with E-state index in [2.05, 4.69) is 33.0 Å². The molecule has 4 bridgehead atoms. The standard InChI is InChI=1S/C25H35NO4/c1-15(2)19-6-5-7-20(16(3)4)22(19)26-21(27)13-30-23(28)24-9-17-8-18(10-24)12-25(29,11-17)14-24/h5-7,15-18,29H,8-14H2,1-4H3,(H,26,27)/t17-,18+,24?,25?. The Bertz CT molecular complexity index is 803. The van der Waals surface area contributed by atoms with Crippen molar-refractivity contribution in [1.82, 2.24) is 0 Å². The molecule has 2 N–H and O–H groups in total. The smallest absolute Gasteiger partial charge is 0.312 e. The molecule has 1 aromatic carbocycles. The minimum absolute atomic E-state index is 0.273. The van der Waals surface area contributed by atoms with Crippen molar-refractivity contribution in [2.75, 3.05) is 11.9 Å². The van der Waals surface area contributed by atoms with Gasteiger partial charge in [0.15, 0.2) is 6.61 Å². The Morgan fingerprint density at radius 2 is 1.63 bits per heavy atom. The van der Waals surface area contributed by atoms with Crippen LogP contribution in [0.25, 0.3) is 0 Å². The molecule has 0 heterocycles. The monoisotopic (exact) mass is 413 g/mol. The summed E-state index contributed by atoms with van der Waals surface area (Å²) >= 11 is 0. The third kappa shape index (κ3) is 3.89. The van der Waals surface area contributed by atoms with Crippen LogP contribution in [0.2, 0.25) is 0 Å². The molecule has 0 aromatic heterocycles. The molecule has 0 radical (unpaired) electrons. The van der Waals surface area contributed by atoms with Crippen molar-refractivity contribution in [2.24, 2.45) is 17.3 Å². The van der Waals surface area contributed by atoms with Crippen molar-refractivity contribution in [3.63, 3.8) is 0 Å². The van der Waals surface area contributed by atoms with Gasteiger partial charge in [0.25, 0.3) is 5.91 Å². The average molecular weight is 414 g/mol. The van der Waals surface area contributed by atoms with Gasteiger partial charge in [0.2, 0.25) is 0 Å². The SMILES string of the molecule is CC(C)c1cccc(C(C)C)c1NC(=O)COC(=O)C12C[C@@H]3C[C@@H](CC(O)(C3)C1)C2. The minimum atomic E-state index is -0.715. The van der Waals surface area contributed by atoms with Crippen molar-refractivity contribution in [3.05, 3.63) is 29.3 Å². The summed E-state index contributed by atoms with van der Waals surface area (Å²) in [6.07, 6.45) is 4.80. The van der Waals surface area contributed by atoms with Crippen LogP contribution in [0.4, 0.5) is 5.69 Å². The second kappa shape index (κ2) is 7.67. The van der Waals surface area contributed by atoms with Crippen LogP contribution in [0.1, 0.15) is 89.2 Å². The first-order valence-corrected chi connectivity index (χ1v) is 11.4. The quantitative estimate of drug-likeness (QED) is 0.660. The summed E-state index contributed by atoms with van der Waals surface area (Å²) in [6, 6.07) is 6.10. The third-order valence-corrected chi connectivity index (χ3v) is 7.43. The Hall–Kier alpha value is -1.88. The van der Waals surface area contributed by atoms with Gasteiger partial charge in [-0.2, -0.15) is 0 Å². The molecule has 1 aromatic rings. The molecule has 0 saturated heterocycles. The molecule has 4 aliphatic rings. The molecular formula is C25H35NO4. The molecule has 1 amide bonds. The number of amides is 1. The van der Waals surface area contributed by atoms with Gasteiger partial charge in [-0.05, 0) is 73.3 Å². The van der Waals surface area contributed by atoms with Gasteiger partial charge in [0.1, 0.15) is 0 Å². The van der Waals surface area contributed by atoms with Gasteiger partial charge in [-0.3, -0.25) is 9.59 Å². The van der Waals surface area contributed by atoms with E-state index < -0.39 is 11.0 Å². The normalized spacial score (nSPS) is 32.0. The molecule has 2 unspecified atom stereocenters. The largest absolute Gasteiger partial charge is 0.455 e. The van der Waals surface area contributed by atoms with Gasteiger partial charge < -0.3 is 15.2 Å². The first kappa shape index (κ1) is 21.4. The van der Waals surface area contributed by atoms with E-state index >= 15 is 0 Å². The number of hydrogen-bond donors (Lipinski definition) is 2. The average Bonchev–Trinajstić information content (AvgIpc) is 2.63. The maximum absolute atomic E-state index is 13.0. The van der Waals surface area contributed by atoms with Crippen molar-refractivity contribution in [2.45, 2.75) is 83.7 Å². The van der Waals surface area contributed by atoms with Crippen LogP contribution in [0, 0.1) is 17.3 Å². The summed E-state index contributed by atoms with van der Waals surface area (Å²) in [7, 11) is 0. The number of esters is 1. The lowest BCUT2D eigenvalue weighted by atomic mass is 9.48. The number of rotatable bonds is 6. The van der Waals surface area contributed by atoms with E-state index in [4.69, 9.17) is 4.74 Å². The van der Waals surface area contributed by atoms with Crippen LogP contribution >= 0.6 is 0 Å². The lowest BCUT2D eigenvalue weighted by Gasteiger charge is -2.58. The van der Waals surface area contributed by atoms with Crippen LogP contribution < -0.4 is 5.32 Å². The van der Waals surface area contributed by atoms with E-state index in [1.165, 1.54) is 0 Å². The number of aliphatic hydroxyl groups is 1. The number of nitrogens with one attached hydrogen (secondary N) is 1. The number of carbonyl (C=O) groups excluding carboxylic acids is 2. The van der Waals surface area contributed by atoms with Gasteiger partial charge in [0, 0.05) is 5.69 Å². The zero-order valence-electron chi connectivity index (χ0n) is 18.7. The van der Waals surface area contributed by atoms with Crippen molar-refractivity contribution >= 4 is 17.6 Å². The lowest BCUT2D eigenvalue weighted by molar-refractivity contribution is -0.196. The zero-order valence-corrected chi connectivity index (χ0v) is 18.7. The number of anilines is 1. The molecule has 4 aliphatic carbocycles. The number of para-hydroxylation sites is 1. The summed E-state index contributed by atoms with van der Waals surface area (Å²) in [5.41, 5.74) is 1.70. The highest BCUT2D eigenvalue weighted by Crippen LogP contribution is 2.61. The number of carbonyl (C=O) groups is 2. The predicted molar refractivity (Wildman–Crippen MR) is 116 cm³/mol. The molecule has 4 saturated carbocycles. The Labute approximate surface area is 179 Å². The third-order valence-electron chi connectivity index (χ3n) is 7.43. The number of hydrogen-bond acceptors (Lipinski definition) is 4. The van der Waals surface area contributed by atoms with Gasteiger partial charge in [-0.1, -0.05) is 45.9 Å². The van der Waals surface area contributed by atoms with Gasteiger partial charge >= 0.3 is 5.97 Å². The maximum Gasteiger partial charge on any atom is 0.312 e. The van der Waals surface area contributed by atoms with Gasteiger partial charge in [-0.15, -0.1) is 0 Å². The van der Waals surface area contributed by atoms with Crippen LogP contribution in [0.15, 0.2) is 18.2 Å². The minimum Gasteiger partial charge on any atom is -0.455 e. The topological polar surface area (TPSA) is 75.6 Å². The Morgan fingerprint density at radius 3 is 2.13 bits per heavy atom. The molecule has 5 rings (SSSR count). The maximum atomic E-state index is 13.0. The van der Waals surface area contributed by atoms with E-state index in [0.717, 1.165) is 48.9 Å². The summed E-state index contributed by atoms with van der Waals surface area (Å²) in [5, 5.41) is 13.9. The summed E-state index contributed by atoms with van der Waals surface area (Å²) in [4.78, 5) is 25.8. The van der Waals surface area contributed by atoms with E-state index in [-0.39, 0.29) is 30.3 Å². The molecule has 4 fully saturated rings. The summed E-state index contributed by atoms with van der Waals surface area (Å²) < 4.78 is 5.54. The van der Waals surface area contributed by atoms with Crippen molar-refractivity contribution in [3.8, 4) is 0 Å². The molecule has 30 heavy (non-hydrogen) atoms. The first-order chi connectivity index (χ1) is 14.1. The lowest BCUT2D eigenvalue weighted by Crippen LogP contribution is -2.58. The Morgan fingerprint density at radius 1 is 1.07 bits per heavy atom. The molecule has 0 aliphatic heterocycles. The molecule has 0 spiro atoms. The fourth-order valence-electron chi connectivity index (χ4n) is 6.61. The van der Waals surface area contributed by atoms with E-state index in [1.807, 2.05) is 18.2 Å². The summed E-state index contributed by atoms with van der Waals surface area (Å²) in [5.74, 6) is 0.755. The van der Waals surface area contributed by atoms with Crippen molar-refractivity contribution < 1.29 is 19.4 Å². The van der Waals surface area contributed by atoms with E-state index in [9.17, 15) is 14.7 Å². The van der Waals surface area contributed by atoms with Crippen LogP contribution in [-0.4, -0.2) is 29.2 Å². The van der Waals surface area contributed by atoms with E-state index in [0.29, 0.717) is 18.3 Å². The molecule has 5 nitrogen and oxygen atoms in total. The molecule has 4 atom stereocenters. The Kier molecular flexibility index (Phi) is 5.46. The molecule has 5 heteroatoms. The first-order valence-electron chi connectivity index (χ1n) is 11.4. The van der Waals surface area contributed by atoms with Crippen LogP contribution in [0.3, 0.4) is 0 Å². The zero-order chi connectivity index (χ0) is 21.7. The highest BCUT2D eigenvalue weighted by Gasteiger charge is 2.60. The molecular weight excluding hydrogens is 378 g/mol. The predicted octanol–water partition coefficient (Wildman–Crippen LogP) is 4.75. The van der Waals surface area contributed by atoms with Crippen LogP contribution in [0.5, 0.6) is 0 Å². The Balaban J connectivity index is 1.43. The summed E-state index contributed by atoms with van der Waals surface area (Å²) in [6.45, 7) is 8.14. The van der Waals surface area contributed by atoms with Gasteiger partial charge in [0.05, 0.1) is 11.0 Å². The fourth-order valence-corrected chi connectivity index (χ4v) is 6.61. The second-order valence-electron chi connectivity index (χ2n) is 10.7. The van der Waals surface area contributed by atoms with Crippen LogP contribution in [-0.2, 0) is 14.3 Å². The molecule has 164 valence electrons. The van der Waals surface area contributed by atoms with E-state index in [1.54, 1.807) is 0 Å². The van der Waals surface area contributed by atoms with Gasteiger partial charge in [-0.25, -0.2) is 0 Å². The number of benzene rings is 1. The fraction of sp³-hybridized carbons (Fsp3) is 0.680. The number of ether oxygens (including phenoxy) is 1.